The van der Waals surface area contributed by atoms with Crippen LogP contribution in [-0.2, 0) is 6.42 Å². The summed E-state index contributed by atoms with van der Waals surface area (Å²) in [7, 11) is 1.64. The van der Waals surface area contributed by atoms with E-state index < -0.39 is 0 Å². The Morgan fingerprint density at radius 3 is 2.76 bits per heavy atom. The quantitative estimate of drug-likeness (QED) is 0.855. The van der Waals surface area contributed by atoms with Crippen LogP contribution in [-0.4, -0.2) is 13.7 Å². The van der Waals surface area contributed by atoms with Gasteiger partial charge >= 0.3 is 0 Å². The zero-order valence-corrected chi connectivity index (χ0v) is 13.0. The van der Waals surface area contributed by atoms with E-state index in [4.69, 9.17) is 16.3 Å². The van der Waals surface area contributed by atoms with Crippen molar-refractivity contribution in [3.8, 4) is 5.75 Å². The van der Waals surface area contributed by atoms with Gasteiger partial charge in [-0.3, -0.25) is 0 Å². The predicted octanol–water partition coefficient (Wildman–Crippen LogP) is 4.38. The van der Waals surface area contributed by atoms with Gasteiger partial charge in [0.05, 0.1) is 7.11 Å². The molecule has 2 nitrogen and oxygen atoms in total. The van der Waals surface area contributed by atoms with Gasteiger partial charge in [-0.25, -0.2) is 4.39 Å². The molecule has 2 aromatic rings. The summed E-state index contributed by atoms with van der Waals surface area (Å²) in [6.45, 7) is 2.75. The molecule has 0 saturated heterocycles. The highest BCUT2D eigenvalue weighted by Crippen LogP contribution is 2.25. The second kappa shape index (κ2) is 7.43. The highest BCUT2D eigenvalue weighted by molar-refractivity contribution is 6.30. The minimum Gasteiger partial charge on any atom is -0.497 e. The van der Waals surface area contributed by atoms with Gasteiger partial charge in [0.25, 0.3) is 0 Å². The van der Waals surface area contributed by atoms with E-state index >= 15 is 0 Å². The average molecular weight is 308 g/mol. The van der Waals surface area contributed by atoms with Gasteiger partial charge in [-0.2, -0.15) is 0 Å². The zero-order chi connectivity index (χ0) is 15.2. The summed E-state index contributed by atoms with van der Waals surface area (Å²) in [4.78, 5) is 0. The Kier molecular flexibility index (Phi) is 5.59. The number of methoxy groups -OCH3 is 1. The second-order valence-electron chi connectivity index (χ2n) is 4.83. The van der Waals surface area contributed by atoms with Gasteiger partial charge in [0.2, 0.25) is 0 Å². The molecule has 0 aliphatic carbocycles. The summed E-state index contributed by atoms with van der Waals surface area (Å²) in [5.41, 5.74) is 1.67. The summed E-state index contributed by atoms with van der Waals surface area (Å²) < 4.78 is 19.3. The first-order valence-corrected chi connectivity index (χ1v) is 7.33. The molecule has 2 aromatic carbocycles. The third-order valence-electron chi connectivity index (χ3n) is 3.36. The summed E-state index contributed by atoms with van der Waals surface area (Å²) in [6.07, 6.45) is 0.669. The molecule has 1 unspecified atom stereocenters. The van der Waals surface area contributed by atoms with E-state index in [9.17, 15) is 4.39 Å². The van der Waals surface area contributed by atoms with Gasteiger partial charge < -0.3 is 10.1 Å². The highest BCUT2D eigenvalue weighted by Gasteiger charge is 2.16. The third-order valence-corrected chi connectivity index (χ3v) is 3.59. The Balaban J connectivity index is 2.28. The first-order chi connectivity index (χ1) is 10.1. The number of rotatable bonds is 6. The van der Waals surface area contributed by atoms with Crippen molar-refractivity contribution in [2.24, 2.45) is 0 Å². The molecule has 0 radical (unpaired) electrons. The number of ether oxygens (including phenoxy) is 1. The Bertz CT molecular complexity index is 603. The maximum absolute atomic E-state index is 14.1. The van der Waals surface area contributed by atoms with Crippen molar-refractivity contribution in [1.82, 2.24) is 5.32 Å². The van der Waals surface area contributed by atoms with E-state index in [2.05, 4.69) is 5.32 Å². The first kappa shape index (κ1) is 15.8. The van der Waals surface area contributed by atoms with Gasteiger partial charge in [-0.1, -0.05) is 30.7 Å². The fourth-order valence-corrected chi connectivity index (χ4v) is 2.54. The van der Waals surface area contributed by atoms with E-state index in [1.807, 2.05) is 31.2 Å². The fourth-order valence-electron chi connectivity index (χ4n) is 2.36. The first-order valence-electron chi connectivity index (χ1n) is 6.95. The van der Waals surface area contributed by atoms with Crippen LogP contribution in [0.3, 0.4) is 0 Å². The topological polar surface area (TPSA) is 21.3 Å². The van der Waals surface area contributed by atoms with Crippen molar-refractivity contribution >= 4 is 11.6 Å². The minimum absolute atomic E-state index is 0.124. The van der Waals surface area contributed by atoms with Crippen molar-refractivity contribution in [1.29, 1.82) is 0 Å². The number of nitrogens with one attached hydrogen (secondary N) is 1. The van der Waals surface area contributed by atoms with Crippen LogP contribution in [0.25, 0.3) is 0 Å². The van der Waals surface area contributed by atoms with Crippen LogP contribution in [0, 0.1) is 5.82 Å². The SMILES string of the molecule is CCNC(Cc1cccc(OC)c1)c1cc(Cl)ccc1F. The van der Waals surface area contributed by atoms with Crippen LogP contribution in [0.4, 0.5) is 4.39 Å². The molecule has 0 aliphatic rings. The molecule has 0 fully saturated rings. The molecule has 0 bridgehead atoms. The molecule has 1 atom stereocenters. The predicted molar refractivity (Wildman–Crippen MR) is 84.5 cm³/mol. The molecule has 112 valence electrons. The minimum atomic E-state index is -0.242. The van der Waals surface area contributed by atoms with Crippen molar-refractivity contribution in [2.75, 3.05) is 13.7 Å². The van der Waals surface area contributed by atoms with Gasteiger partial charge in [0, 0.05) is 16.6 Å². The smallest absolute Gasteiger partial charge is 0.128 e. The molecule has 0 heterocycles. The second-order valence-corrected chi connectivity index (χ2v) is 5.27. The van der Waals surface area contributed by atoms with Crippen molar-refractivity contribution in [3.63, 3.8) is 0 Å². The van der Waals surface area contributed by atoms with E-state index in [0.29, 0.717) is 17.0 Å². The number of benzene rings is 2. The van der Waals surface area contributed by atoms with E-state index in [1.54, 1.807) is 19.2 Å². The third kappa shape index (κ3) is 4.19. The number of likely N-dealkylation sites (N-methyl/N-ethyl adjacent to an activating group) is 1. The maximum atomic E-state index is 14.1. The molecule has 0 amide bonds. The maximum Gasteiger partial charge on any atom is 0.128 e. The normalized spacial score (nSPS) is 12.2. The fraction of sp³-hybridized carbons (Fsp3) is 0.294. The molecule has 1 N–H and O–H groups in total. The highest BCUT2D eigenvalue weighted by atomic mass is 35.5. The van der Waals surface area contributed by atoms with Gasteiger partial charge in [-0.05, 0) is 48.9 Å². The standard InChI is InChI=1S/C17H19ClFNO/c1-3-20-17(15-11-13(18)7-8-16(15)19)10-12-5-4-6-14(9-12)21-2/h4-9,11,17,20H,3,10H2,1-2H3. The van der Waals surface area contributed by atoms with Crippen LogP contribution in [0.5, 0.6) is 5.75 Å². The molecular formula is C17H19ClFNO. The summed E-state index contributed by atoms with van der Waals surface area (Å²) in [6, 6.07) is 12.3. The molecule has 21 heavy (non-hydrogen) atoms. The Morgan fingerprint density at radius 1 is 1.24 bits per heavy atom. The number of hydrogen-bond donors (Lipinski definition) is 1. The molecular weight excluding hydrogens is 289 g/mol. The van der Waals surface area contributed by atoms with Crippen LogP contribution in [0.1, 0.15) is 24.1 Å². The van der Waals surface area contributed by atoms with E-state index in [0.717, 1.165) is 17.9 Å². The van der Waals surface area contributed by atoms with Crippen LogP contribution < -0.4 is 10.1 Å². The largest absolute Gasteiger partial charge is 0.497 e. The monoisotopic (exact) mass is 307 g/mol. The zero-order valence-electron chi connectivity index (χ0n) is 12.2. The van der Waals surface area contributed by atoms with Gasteiger partial charge in [0.15, 0.2) is 0 Å². The van der Waals surface area contributed by atoms with Crippen molar-refractivity contribution in [3.05, 3.63) is 64.4 Å². The lowest BCUT2D eigenvalue weighted by Gasteiger charge is -2.19. The van der Waals surface area contributed by atoms with Crippen molar-refractivity contribution < 1.29 is 9.13 Å². The molecule has 0 aliphatic heterocycles. The molecule has 2 rings (SSSR count). The lowest BCUT2D eigenvalue weighted by molar-refractivity contribution is 0.413. The van der Waals surface area contributed by atoms with E-state index in [1.165, 1.54) is 6.07 Å². The molecule has 0 saturated carbocycles. The summed E-state index contributed by atoms with van der Waals surface area (Å²) >= 11 is 6.00. The van der Waals surface area contributed by atoms with Crippen LogP contribution in [0.15, 0.2) is 42.5 Å². The van der Waals surface area contributed by atoms with Gasteiger partial charge in [-0.15, -0.1) is 0 Å². The molecule has 0 aromatic heterocycles. The van der Waals surface area contributed by atoms with E-state index in [-0.39, 0.29) is 11.9 Å². The Morgan fingerprint density at radius 2 is 2.05 bits per heavy atom. The lowest BCUT2D eigenvalue weighted by atomic mass is 9.98. The lowest BCUT2D eigenvalue weighted by Crippen LogP contribution is -2.24. The molecule has 4 heteroatoms. The summed E-state index contributed by atoms with van der Waals surface area (Å²) in [5.74, 6) is 0.558. The molecule has 0 spiro atoms. The Labute approximate surface area is 129 Å². The van der Waals surface area contributed by atoms with Gasteiger partial charge in [0.1, 0.15) is 11.6 Å². The van der Waals surface area contributed by atoms with Crippen molar-refractivity contribution in [2.45, 2.75) is 19.4 Å². The van der Waals surface area contributed by atoms with Crippen LogP contribution in [0.2, 0.25) is 5.02 Å². The summed E-state index contributed by atoms with van der Waals surface area (Å²) in [5, 5.41) is 3.86. The Hall–Kier alpha value is -1.58. The van der Waals surface area contributed by atoms with Crippen LogP contribution >= 0.6 is 11.6 Å². The average Bonchev–Trinajstić information content (AvgIpc) is 2.49. The number of halogens is 2. The number of hydrogen-bond acceptors (Lipinski definition) is 2.